The number of thioether (sulfide) groups is 1. The van der Waals surface area contributed by atoms with E-state index < -0.39 is 0 Å². The molecular weight excluding hydrogens is 302 g/mol. The highest BCUT2D eigenvalue weighted by atomic mass is 32.2. The van der Waals surface area contributed by atoms with Crippen LogP contribution in [0.25, 0.3) is 0 Å². The molecule has 0 radical (unpaired) electrons. The van der Waals surface area contributed by atoms with Crippen molar-refractivity contribution in [3.63, 3.8) is 0 Å². The van der Waals surface area contributed by atoms with E-state index in [2.05, 4.69) is 31.3 Å². The van der Waals surface area contributed by atoms with Crippen molar-refractivity contribution in [3.05, 3.63) is 30.3 Å². The lowest BCUT2D eigenvalue weighted by Gasteiger charge is -2.27. The summed E-state index contributed by atoms with van der Waals surface area (Å²) in [5.74, 6) is 0.657. The fourth-order valence-corrected chi connectivity index (χ4v) is 4.00. The number of hydrogen-bond acceptors (Lipinski definition) is 2. The fourth-order valence-electron chi connectivity index (χ4n) is 2.76. The van der Waals surface area contributed by atoms with E-state index in [1.165, 1.54) is 30.6 Å². The number of rotatable bonds is 11. The zero-order chi connectivity index (χ0) is 17.1. The van der Waals surface area contributed by atoms with Crippen LogP contribution < -0.4 is 5.32 Å². The maximum Gasteiger partial charge on any atom is 0.233 e. The van der Waals surface area contributed by atoms with Crippen LogP contribution in [0, 0.1) is 5.92 Å². The van der Waals surface area contributed by atoms with Crippen molar-refractivity contribution in [1.29, 1.82) is 0 Å². The summed E-state index contributed by atoms with van der Waals surface area (Å²) in [6.07, 6.45) is 7.08. The molecule has 0 saturated heterocycles. The van der Waals surface area contributed by atoms with E-state index in [0.29, 0.717) is 5.92 Å². The normalized spacial score (nSPS) is 12.6. The zero-order valence-corrected chi connectivity index (χ0v) is 16.0. The SMILES string of the molecule is CCCCC(CCCC)C(Sc1ccccc1)C(=O)NC(C)C. The van der Waals surface area contributed by atoms with Gasteiger partial charge in [0.1, 0.15) is 0 Å². The van der Waals surface area contributed by atoms with Crippen LogP contribution in [0.15, 0.2) is 35.2 Å². The molecule has 1 N–H and O–H groups in total. The van der Waals surface area contributed by atoms with Gasteiger partial charge in [-0.1, -0.05) is 57.7 Å². The van der Waals surface area contributed by atoms with Gasteiger partial charge in [-0.3, -0.25) is 4.79 Å². The predicted octanol–water partition coefficient (Wildman–Crippen LogP) is 5.67. The van der Waals surface area contributed by atoms with E-state index in [9.17, 15) is 4.79 Å². The average molecular weight is 336 g/mol. The molecule has 0 aliphatic heterocycles. The van der Waals surface area contributed by atoms with Crippen molar-refractivity contribution < 1.29 is 4.79 Å². The molecule has 23 heavy (non-hydrogen) atoms. The van der Waals surface area contributed by atoms with Gasteiger partial charge in [0.05, 0.1) is 5.25 Å². The minimum Gasteiger partial charge on any atom is -0.353 e. The highest BCUT2D eigenvalue weighted by Gasteiger charge is 2.29. The van der Waals surface area contributed by atoms with E-state index in [-0.39, 0.29) is 17.2 Å². The summed E-state index contributed by atoms with van der Waals surface area (Å²) in [4.78, 5) is 14.0. The Morgan fingerprint density at radius 3 is 2.09 bits per heavy atom. The molecule has 0 spiro atoms. The van der Waals surface area contributed by atoms with Gasteiger partial charge in [-0.25, -0.2) is 0 Å². The first kappa shape index (κ1) is 20.1. The van der Waals surface area contributed by atoms with Crippen molar-refractivity contribution in [1.82, 2.24) is 5.32 Å². The third-order valence-electron chi connectivity index (χ3n) is 3.98. The van der Waals surface area contributed by atoms with Crippen molar-refractivity contribution in [2.45, 2.75) is 82.4 Å². The molecule has 1 rings (SSSR count). The van der Waals surface area contributed by atoms with Gasteiger partial charge < -0.3 is 5.32 Å². The Kier molecular flexibility index (Phi) is 10.1. The summed E-state index contributed by atoms with van der Waals surface area (Å²) in [7, 11) is 0. The molecule has 0 heterocycles. The van der Waals surface area contributed by atoms with Crippen molar-refractivity contribution in [2.75, 3.05) is 0 Å². The standard InChI is InChI=1S/C20H33NOS/c1-5-7-12-17(13-8-6-2)19(20(22)21-16(3)4)23-18-14-10-9-11-15-18/h9-11,14-17,19H,5-8,12-13H2,1-4H3,(H,21,22). The number of benzene rings is 1. The maximum atomic E-state index is 12.8. The predicted molar refractivity (Wildman–Crippen MR) is 102 cm³/mol. The molecule has 0 aliphatic carbocycles. The Hall–Kier alpha value is -0.960. The summed E-state index contributed by atoms with van der Waals surface area (Å²) < 4.78 is 0. The van der Waals surface area contributed by atoms with Crippen LogP contribution in [0.5, 0.6) is 0 Å². The monoisotopic (exact) mass is 335 g/mol. The Bertz CT molecular complexity index is 425. The van der Waals surface area contributed by atoms with E-state index in [1.54, 1.807) is 11.8 Å². The van der Waals surface area contributed by atoms with Crippen LogP contribution in [-0.4, -0.2) is 17.2 Å². The lowest BCUT2D eigenvalue weighted by molar-refractivity contribution is -0.122. The molecule has 2 nitrogen and oxygen atoms in total. The third kappa shape index (κ3) is 7.92. The van der Waals surface area contributed by atoms with Crippen LogP contribution in [0.4, 0.5) is 0 Å². The van der Waals surface area contributed by atoms with Gasteiger partial charge in [0.2, 0.25) is 5.91 Å². The molecule has 1 atom stereocenters. The third-order valence-corrected chi connectivity index (χ3v) is 5.38. The summed E-state index contributed by atoms with van der Waals surface area (Å²) in [6, 6.07) is 10.5. The van der Waals surface area contributed by atoms with Crippen molar-refractivity contribution in [2.24, 2.45) is 5.92 Å². The van der Waals surface area contributed by atoms with E-state index in [0.717, 1.165) is 12.8 Å². The van der Waals surface area contributed by atoms with Gasteiger partial charge in [-0.2, -0.15) is 0 Å². The Morgan fingerprint density at radius 2 is 1.61 bits per heavy atom. The highest BCUT2D eigenvalue weighted by Crippen LogP contribution is 2.33. The first-order valence-electron chi connectivity index (χ1n) is 9.10. The quantitative estimate of drug-likeness (QED) is 0.528. The van der Waals surface area contributed by atoms with Crippen molar-refractivity contribution >= 4 is 17.7 Å². The van der Waals surface area contributed by atoms with Crippen molar-refractivity contribution in [3.8, 4) is 0 Å². The minimum atomic E-state index is 0.0119. The van der Waals surface area contributed by atoms with Gasteiger partial charge in [-0.05, 0) is 44.7 Å². The number of carbonyl (C=O) groups is 1. The number of hydrogen-bond donors (Lipinski definition) is 1. The zero-order valence-electron chi connectivity index (χ0n) is 15.2. The second kappa shape index (κ2) is 11.6. The maximum absolute atomic E-state index is 12.8. The van der Waals surface area contributed by atoms with E-state index in [4.69, 9.17) is 0 Å². The van der Waals surface area contributed by atoms with Gasteiger partial charge in [0, 0.05) is 10.9 Å². The minimum absolute atomic E-state index is 0.0119. The molecule has 1 aromatic carbocycles. The second-order valence-corrected chi connectivity index (χ2v) is 7.77. The van der Waals surface area contributed by atoms with Gasteiger partial charge >= 0.3 is 0 Å². The van der Waals surface area contributed by atoms with Gasteiger partial charge in [0.25, 0.3) is 0 Å². The largest absolute Gasteiger partial charge is 0.353 e. The molecule has 1 amide bonds. The fraction of sp³-hybridized carbons (Fsp3) is 0.650. The molecule has 0 aliphatic rings. The molecular formula is C20H33NOS. The lowest BCUT2D eigenvalue weighted by atomic mass is 9.92. The Labute approximate surface area is 146 Å². The summed E-state index contributed by atoms with van der Waals surface area (Å²) in [5, 5.41) is 3.15. The molecule has 1 aromatic rings. The second-order valence-electron chi connectivity index (χ2n) is 6.56. The number of amides is 1. The number of carbonyl (C=O) groups excluding carboxylic acids is 1. The van der Waals surface area contributed by atoms with Crippen LogP contribution in [0.1, 0.15) is 66.2 Å². The number of unbranched alkanes of at least 4 members (excludes halogenated alkanes) is 2. The van der Waals surface area contributed by atoms with Gasteiger partial charge in [-0.15, -0.1) is 11.8 Å². The first-order chi connectivity index (χ1) is 11.1. The highest BCUT2D eigenvalue weighted by molar-refractivity contribution is 8.00. The van der Waals surface area contributed by atoms with Crippen LogP contribution in [0.2, 0.25) is 0 Å². The molecule has 0 aromatic heterocycles. The Morgan fingerprint density at radius 1 is 1.04 bits per heavy atom. The molecule has 0 bridgehead atoms. The van der Waals surface area contributed by atoms with E-state index >= 15 is 0 Å². The van der Waals surface area contributed by atoms with Crippen LogP contribution in [-0.2, 0) is 4.79 Å². The first-order valence-corrected chi connectivity index (χ1v) is 9.98. The molecule has 3 heteroatoms. The van der Waals surface area contributed by atoms with Gasteiger partial charge in [0.15, 0.2) is 0 Å². The topological polar surface area (TPSA) is 29.1 Å². The number of nitrogens with one attached hydrogen (secondary N) is 1. The summed E-state index contributed by atoms with van der Waals surface area (Å²) in [6.45, 7) is 8.53. The molecule has 0 fully saturated rings. The molecule has 0 saturated carbocycles. The van der Waals surface area contributed by atoms with Crippen LogP contribution >= 0.6 is 11.8 Å². The molecule has 130 valence electrons. The van der Waals surface area contributed by atoms with Crippen LogP contribution in [0.3, 0.4) is 0 Å². The smallest absolute Gasteiger partial charge is 0.233 e. The van der Waals surface area contributed by atoms with E-state index in [1.807, 2.05) is 32.0 Å². The molecule has 1 unspecified atom stereocenters. The Balaban J connectivity index is 2.90. The summed E-state index contributed by atoms with van der Waals surface area (Å²) >= 11 is 1.74. The summed E-state index contributed by atoms with van der Waals surface area (Å²) in [5.41, 5.74) is 0. The average Bonchev–Trinajstić information content (AvgIpc) is 2.53. The lowest BCUT2D eigenvalue weighted by Crippen LogP contribution is -2.40.